The van der Waals surface area contributed by atoms with Crippen molar-refractivity contribution in [2.75, 3.05) is 0 Å². The van der Waals surface area contributed by atoms with Gasteiger partial charge in [-0.3, -0.25) is 9.78 Å². The Hall–Kier alpha value is -3.22. The molecule has 2 heterocycles. The molecule has 4 rings (SSSR count). The zero-order valence-electron chi connectivity index (χ0n) is 17.5. The topological polar surface area (TPSA) is 84.2 Å². The van der Waals surface area contributed by atoms with Crippen LogP contribution in [0.4, 0.5) is 4.39 Å². The molecule has 162 valence electrons. The number of nitrogens with one attached hydrogen (secondary N) is 1. The minimum Gasteiger partial charge on any atom is -0.480 e. The first-order valence-corrected chi connectivity index (χ1v) is 10.7. The standard InChI is InChI=1S/C24H26FN3O3/c1-2-20(24(30)31)28-21-8-6-16(25)12-18(21)19-13-17(7-9-22(19)28)27-23(29)10-5-15-4-3-11-26-14-15/h3-4,6,8,11-12,14,17,20H,2,5,7,9-10,13H2,1H3,(H,27,29)(H,30,31). The summed E-state index contributed by atoms with van der Waals surface area (Å²) in [6, 6.07) is 7.57. The number of fused-ring (bicyclic) bond motifs is 3. The molecule has 0 bridgehead atoms. The molecular weight excluding hydrogens is 397 g/mol. The number of amides is 1. The number of carbonyl (C=O) groups is 2. The molecule has 0 fully saturated rings. The van der Waals surface area contributed by atoms with E-state index in [0.29, 0.717) is 32.1 Å². The summed E-state index contributed by atoms with van der Waals surface area (Å²) in [5, 5.41) is 13.6. The van der Waals surface area contributed by atoms with Crippen molar-refractivity contribution in [2.45, 2.75) is 57.5 Å². The molecule has 31 heavy (non-hydrogen) atoms. The fraction of sp³-hybridized carbons (Fsp3) is 0.375. The van der Waals surface area contributed by atoms with E-state index in [1.165, 1.54) is 12.1 Å². The molecular formula is C24H26FN3O3. The molecule has 1 amide bonds. The van der Waals surface area contributed by atoms with Gasteiger partial charge in [-0.2, -0.15) is 0 Å². The van der Waals surface area contributed by atoms with Crippen molar-refractivity contribution in [1.82, 2.24) is 14.9 Å². The van der Waals surface area contributed by atoms with E-state index in [0.717, 1.165) is 34.1 Å². The molecule has 0 radical (unpaired) electrons. The third kappa shape index (κ3) is 4.31. The summed E-state index contributed by atoms with van der Waals surface area (Å²) < 4.78 is 15.9. The Bertz CT molecular complexity index is 1110. The molecule has 2 atom stereocenters. The highest BCUT2D eigenvalue weighted by Gasteiger charge is 2.30. The van der Waals surface area contributed by atoms with E-state index in [2.05, 4.69) is 10.3 Å². The minimum absolute atomic E-state index is 0.0239. The zero-order valence-corrected chi connectivity index (χ0v) is 17.5. The van der Waals surface area contributed by atoms with Crippen LogP contribution in [0.25, 0.3) is 10.9 Å². The number of benzene rings is 1. The molecule has 3 aromatic rings. The normalized spacial score (nSPS) is 16.6. The smallest absolute Gasteiger partial charge is 0.326 e. The number of nitrogens with zero attached hydrogens (tertiary/aromatic N) is 2. The highest BCUT2D eigenvalue weighted by Crippen LogP contribution is 2.36. The van der Waals surface area contributed by atoms with Gasteiger partial charge >= 0.3 is 5.97 Å². The van der Waals surface area contributed by atoms with Crippen molar-refractivity contribution >= 4 is 22.8 Å². The second kappa shape index (κ2) is 8.88. The third-order valence-electron chi connectivity index (χ3n) is 6.07. The van der Waals surface area contributed by atoms with Gasteiger partial charge in [-0.15, -0.1) is 0 Å². The van der Waals surface area contributed by atoms with Crippen LogP contribution in [0.5, 0.6) is 0 Å². The van der Waals surface area contributed by atoms with Crippen molar-refractivity contribution in [3.05, 3.63) is 65.4 Å². The lowest BCUT2D eigenvalue weighted by atomic mass is 9.91. The molecule has 1 aliphatic carbocycles. The number of carbonyl (C=O) groups excluding carboxylic acids is 1. The van der Waals surface area contributed by atoms with Crippen molar-refractivity contribution in [3.63, 3.8) is 0 Å². The molecule has 0 aliphatic heterocycles. The zero-order chi connectivity index (χ0) is 22.0. The lowest BCUT2D eigenvalue weighted by molar-refractivity contribution is -0.141. The van der Waals surface area contributed by atoms with Crippen LogP contribution < -0.4 is 5.32 Å². The molecule has 0 saturated heterocycles. The summed E-state index contributed by atoms with van der Waals surface area (Å²) in [5.74, 6) is -1.26. The van der Waals surface area contributed by atoms with E-state index in [-0.39, 0.29) is 17.8 Å². The first kappa shape index (κ1) is 21.0. The van der Waals surface area contributed by atoms with Gasteiger partial charge in [-0.25, -0.2) is 9.18 Å². The van der Waals surface area contributed by atoms with Gasteiger partial charge in [0.25, 0.3) is 0 Å². The Morgan fingerprint density at radius 1 is 1.35 bits per heavy atom. The maximum atomic E-state index is 14.0. The number of pyridine rings is 1. The number of aliphatic carboxylic acids is 1. The van der Waals surface area contributed by atoms with Gasteiger partial charge in [-0.05, 0) is 67.5 Å². The molecule has 7 heteroatoms. The number of carboxylic acid groups (broad SMARTS) is 1. The Morgan fingerprint density at radius 3 is 2.90 bits per heavy atom. The van der Waals surface area contributed by atoms with E-state index in [1.54, 1.807) is 18.5 Å². The van der Waals surface area contributed by atoms with Crippen LogP contribution in [0.15, 0.2) is 42.7 Å². The largest absolute Gasteiger partial charge is 0.480 e. The van der Waals surface area contributed by atoms with E-state index in [9.17, 15) is 19.1 Å². The van der Waals surface area contributed by atoms with E-state index in [1.807, 2.05) is 23.6 Å². The molecule has 2 aromatic heterocycles. The summed E-state index contributed by atoms with van der Waals surface area (Å²) in [4.78, 5) is 28.4. The average Bonchev–Trinajstić information content (AvgIpc) is 3.06. The highest BCUT2D eigenvalue weighted by atomic mass is 19.1. The molecule has 2 N–H and O–H groups in total. The summed E-state index contributed by atoms with van der Waals surface area (Å²) in [5.41, 5.74) is 3.64. The highest BCUT2D eigenvalue weighted by molar-refractivity contribution is 5.88. The number of rotatable bonds is 7. The average molecular weight is 423 g/mol. The summed E-state index contributed by atoms with van der Waals surface area (Å²) in [6.07, 6.45) is 6.84. The maximum Gasteiger partial charge on any atom is 0.326 e. The molecule has 6 nitrogen and oxygen atoms in total. The lowest BCUT2D eigenvalue weighted by Gasteiger charge is -2.26. The van der Waals surface area contributed by atoms with E-state index in [4.69, 9.17) is 0 Å². The quantitative estimate of drug-likeness (QED) is 0.605. The second-order valence-electron chi connectivity index (χ2n) is 8.09. The van der Waals surface area contributed by atoms with Crippen LogP contribution in [0.3, 0.4) is 0 Å². The van der Waals surface area contributed by atoms with Crippen LogP contribution in [-0.4, -0.2) is 32.6 Å². The fourth-order valence-electron chi connectivity index (χ4n) is 4.62. The number of hydrogen-bond acceptors (Lipinski definition) is 3. The first-order valence-electron chi connectivity index (χ1n) is 10.7. The van der Waals surface area contributed by atoms with Crippen molar-refractivity contribution in [1.29, 1.82) is 0 Å². The Morgan fingerprint density at radius 2 is 2.19 bits per heavy atom. The molecule has 0 saturated carbocycles. The fourth-order valence-corrected chi connectivity index (χ4v) is 4.62. The third-order valence-corrected chi connectivity index (χ3v) is 6.07. The van der Waals surface area contributed by atoms with Crippen LogP contribution in [0.1, 0.15) is 49.0 Å². The van der Waals surface area contributed by atoms with Crippen LogP contribution >= 0.6 is 0 Å². The van der Waals surface area contributed by atoms with Crippen molar-refractivity contribution in [2.24, 2.45) is 0 Å². The van der Waals surface area contributed by atoms with Crippen LogP contribution in [0.2, 0.25) is 0 Å². The van der Waals surface area contributed by atoms with Crippen molar-refractivity contribution in [3.8, 4) is 0 Å². The maximum absolute atomic E-state index is 14.0. The van der Waals surface area contributed by atoms with Gasteiger partial charge in [-0.1, -0.05) is 13.0 Å². The summed E-state index contributed by atoms with van der Waals surface area (Å²) in [7, 11) is 0. The predicted molar refractivity (Wildman–Crippen MR) is 115 cm³/mol. The van der Waals surface area contributed by atoms with Gasteiger partial charge in [0.15, 0.2) is 0 Å². The van der Waals surface area contributed by atoms with Crippen molar-refractivity contribution < 1.29 is 19.1 Å². The number of aryl methyl sites for hydroxylation is 1. The van der Waals surface area contributed by atoms with E-state index >= 15 is 0 Å². The summed E-state index contributed by atoms with van der Waals surface area (Å²) >= 11 is 0. The SMILES string of the molecule is CCC(C(=O)O)n1c2c(c3cc(F)ccc31)CC(NC(=O)CCc1cccnc1)CC2. The first-order chi connectivity index (χ1) is 15.0. The van der Waals surface area contributed by atoms with Crippen LogP contribution in [0, 0.1) is 5.82 Å². The minimum atomic E-state index is -0.891. The second-order valence-corrected chi connectivity index (χ2v) is 8.09. The molecule has 1 aliphatic rings. The lowest BCUT2D eigenvalue weighted by Crippen LogP contribution is -2.39. The van der Waals surface area contributed by atoms with E-state index < -0.39 is 12.0 Å². The number of hydrogen-bond donors (Lipinski definition) is 2. The van der Waals surface area contributed by atoms with Gasteiger partial charge in [0, 0.05) is 41.5 Å². The van der Waals surface area contributed by atoms with Gasteiger partial charge in [0.2, 0.25) is 5.91 Å². The predicted octanol–water partition coefficient (Wildman–Crippen LogP) is 3.82. The molecule has 1 aromatic carbocycles. The Kier molecular flexibility index (Phi) is 6.02. The Labute approximate surface area is 180 Å². The summed E-state index contributed by atoms with van der Waals surface area (Å²) in [6.45, 7) is 1.84. The molecule has 2 unspecified atom stereocenters. The van der Waals surface area contributed by atoms with Gasteiger partial charge in [0.05, 0.1) is 0 Å². The van der Waals surface area contributed by atoms with Crippen LogP contribution in [-0.2, 0) is 28.9 Å². The van der Waals surface area contributed by atoms with Gasteiger partial charge < -0.3 is 15.0 Å². The number of carboxylic acids is 1. The molecule has 0 spiro atoms. The number of aromatic nitrogens is 2. The number of halogens is 1. The Balaban J connectivity index is 1.56. The monoisotopic (exact) mass is 423 g/mol. The van der Waals surface area contributed by atoms with Gasteiger partial charge in [0.1, 0.15) is 11.9 Å².